The van der Waals surface area contributed by atoms with E-state index in [1.807, 2.05) is 38.2 Å². The summed E-state index contributed by atoms with van der Waals surface area (Å²) in [4.78, 5) is 11.0. The van der Waals surface area contributed by atoms with Gasteiger partial charge in [-0.1, -0.05) is 42.5 Å². The second kappa shape index (κ2) is 7.75. The van der Waals surface area contributed by atoms with Crippen LogP contribution >= 0.6 is 0 Å². The molecule has 1 N–H and O–H groups in total. The maximum atomic E-state index is 13.0. The number of benzene rings is 2. The zero-order chi connectivity index (χ0) is 17.6. The third-order valence-electron chi connectivity index (χ3n) is 3.86. The molecule has 4 nitrogen and oxygen atoms in total. The third-order valence-corrected chi connectivity index (χ3v) is 3.86. The molecule has 128 valence electrons. The number of hydrogen-bond donors (Lipinski definition) is 1. The summed E-state index contributed by atoms with van der Waals surface area (Å²) in [5, 5.41) is 3.28. The Balaban J connectivity index is 1.70. The van der Waals surface area contributed by atoms with E-state index in [2.05, 4.69) is 32.3 Å². The van der Waals surface area contributed by atoms with Crippen LogP contribution in [0.2, 0.25) is 0 Å². The van der Waals surface area contributed by atoms with Crippen LogP contribution in [0.25, 0.3) is 0 Å². The normalized spacial score (nSPS) is 10.5. The first-order valence-corrected chi connectivity index (χ1v) is 8.19. The highest BCUT2D eigenvalue weighted by Gasteiger charge is 2.07. The summed E-state index contributed by atoms with van der Waals surface area (Å²) >= 11 is 0. The van der Waals surface area contributed by atoms with E-state index in [0.717, 1.165) is 23.7 Å². The maximum Gasteiger partial charge on any atom is 0.134 e. The lowest BCUT2D eigenvalue weighted by Gasteiger charge is -2.19. The highest BCUT2D eigenvalue weighted by molar-refractivity contribution is 5.49. The standard InChI is InChI=1S/C20H21FN4/c1-15-23-19(22-13-16-8-10-18(21)11-9-16)12-20(24-15)25(2)14-17-6-4-3-5-7-17/h3-12H,13-14H2,1-2H3,(H,22,23,24). The van der Waals surface area contributed by atoms with Crippen molar-refractivity contribution in [1.29, 1.82) is 0 Å². The van der Waals surface area contributed by atoms with E-state index < -0.39 is 0 Å². The summed E-state index contributed by atoms with van der Waals surface area (Å²) in [5.41, 5.74) is 2.22. The minimum absolute atomic E-state index is 0.230. The van der Waals surface area contributed by atoms with Gasteiger partial charge in [0.05, 0.1) is 0 Å². The van der Waals surface area contributed by atoms with Gasteiger partial charge >= 0.3 is 0 Å². The second-order valence-corrected chi connectivity index (χ2v) is 5.98. The smallest absolute Gasteiger partial charge is 0.134 e. The molecule has 3 aromatic rings. The van der Waals surface area contributed by atoms with Gasteiger partial charge in [-0.15, -0.1) is 0 Å². The number of halogens is 1. The Morgan fingerprint density at radius 3 is 2.40 bits per heavy atom. The second-order valence-electron chi connectivity index (χ2n) is 5.98. The SMILES string of the molecule is Cc1nc(NCc2ccc(F)cc2)cc(N(C)Cc2ccccc2)n1. The van der Waals surface area contributed by atoms with Gasteiger partial charge in [0, 0.05) is 26.2 Å². The number of hydrogen-bond acceptors (Lipinski definition) is 4. The van der Waals surface area contributed by atoms with E-state index in [-0.39, 0.29) is 5.82 Å². The zero-order valence-electron chi connectivity index (χ0n) is 14.4. The van der Waals surface area contributed by atoms with E-state index >= 15 is 0 Å². The Morgan fingerprint density at radius 1 is 0.960 bits per heavy atom. The lowest BCUT2D eigenvalue weighted by atomic mass is 10.2. The van der Waals surface area contributed by atoms with Gasteiger partial charge in [-0.05, 0) is 30.2 Å². The molecule has 0 spiro atoms. The van der Waals surface area contributed by atoms with Crippen LogP contribution in [-0.4, -0.2) is 17.0 Å². The molecule has 1 aromatic heterocycles. The van der Waals surface area contributed by atoms with Crippen LogP contribution in [0, 0.1) is 12.7 Å². The molecule has 0 bridgehead atoms. The van der Waals surface area contributed by atoms with Crippen molar-refractivity contribution < 1.29 is 4.39 Å². The van der Waals surface area contributed by atoms with Crippen molar-refractivity contribution in [3.05, 3.63) is 83.4 Å². The Morgan fingerprint density at radius 2 is 1.68 bits per heavy atom. The van der Waals surface area contributed by atoms with Gasteiger partial charge in [-0.2, -0.15) is 0 Å². The summed E-state index contributed by atoms with van der Waals surface area (Å²) < 4.78 is 13.0. The van der Waals surface area contributed by atoms with E-state index in [9.17, 15) is 4.39 Å². The predicted octanol–water partition coefficient (Wildman–Crippen LogP) is 4.17. The van der Waals surface area contributed by atoms with Gasteiger partial charge in [-0.3, -0.25) is 0 Å². The fourth-order valence-corrected chi connectivity index (χ4v) is 2.57. The van der Waals surface area contributed by atoms with Crippen LogP contribution in [0.4, 0.5) is 16.0 Å². The number of rotatable bonds is 6. The Labute approximate surface area is 147 Å². The molecule has 0 unspecified atom stereocenters. The van der Waals surface area contributed by atoms with Crippen molar-refractivity contribution in [3.63, 3.8) is 0 Å². The molecule has 0 aliphatic rings. The highest BCUT2D eigenvalue weighted by atomic mass is 19.1. The lowest BCUT2D eigenvalue weighted by molar-refractivity contribution is 0.627. The molecule has 0 aliphatic carbocycles. The molecule has 0 aliphatic heterocycles. The van der Waals surface area contributed by atoms with Crippen molar-refractivity contribution in [2.45, 2.75) is 20.0 Å². The molecule has 0 fully saturated rings. The molecule has 0 saturated heterocycles. The zero-order valence-corrected chi connectivity index (χ0v) is 14.4. The number of aryl methyl sites for hydroxylation is 1. The van der Waals surface area contributed by atoms with E-state index in [1.165, 1.54) is 17.7 Å². The van der Waals surface area contributed by atoms with Gasteiger partial charge in [0.2, 0.25) is 0 Å². The maximum absolute atomic E-state index is 13.0. The van der Waals surface area contributed by atoms with Gasteiger partial charge in [0.25, 0.3) is 0 Å². The van der Waals surface area contributed by atoms with Crippen molar-refractivity contribution in [1.82, 2.24) is 9.97 Å². The molecule has 0 saturated carbocycles. The first kappa shape index (κ1) is 16.9. The van der Waals surface area contributed by atoms with Gasteiger partial charge < -0.3 is 10.2 Å². The average molecular weight is 336 g/mol. The molecule has 3 rings (SSSR count). The number of aromatic nitrogens is 2. The molecular formula is C20H21FN4. The molecule has 2 aromatic carbocycles. The summed E-state index contributed by atoms with van der Waals surface area (Å²) in [6.45, 7) is 3.23. The first-order chi connectivity index (χ1) is 12.1. The molecule has 1 heterocycles. The van der Waals surface area contributed by atoms with Crippen LogP contribution in [-0.2, 0) is 13.1 Å². The van der Waals surface area contributed by atoms with Crippen molar-refractivity contribution >= 4 is 11.6 Å². The van der Waals surface area contributed by atoms with Crippen molar-refractivity contribution in [3.8, 4) is 0 Å². The molecule has 0 amide bonds. The van der Waals surface area contributed by atoms with Crippen LogP contribution in [0.3, 0.4) is 0 Å². The summed E-state index contributed by atoms with van der Waals surface area (Å²) in [5.74, 6) is 2.09. The van der Waals surface area contributed by atoms with Crippen LogP contribution in [0.15, 0.2) is 60.7 Å². The van der Waals surface area contributed by atoms with Crippen LogP contribution < -0.4 is 10.2 Å². The summed E-state index contributed by atoms with van der Waals surface area (Å²) in [6, 6.07) is 18.6. The third kappa shape index (κ3) is 4.76. The predicted molar refractivity (Wildman–Crippen MR) is 99.0 cm³/mol. The monoisotopic (exact) mass is 336 g/mol. The number of anilines is 2. The highest BCUT2D eigenvalue weighted by Crippen LogP contribution is 2.17. The van der Waals surface area contributed by atoms with E-state index in [4.69, 9.17) is 0 Å². The summed E-state index contributed by atoms with van der Waals surface area (Å²) in [7, 11) is 2.01. The van der Waals surface area contributed by atoms with Crippen LogP contribution in [0.1, 0.15) is 17.0 Å². The summed E-state index contributed by atoms with van der Waals surface area (Å²) in [6.07, 6.45) is 0. The minimum Gasteiger partial charge on any atom is -0.366 e. The van der Waals surface area contributed by atoms with E-state index in [0.29, 0.717) is 12.4 Å². The lowest BCUT2D eigenvalue weighted by Crippen LogP contribution is -2.18. The minimum atomic E-state index is -0.230. The van der Waals surface area contributed by atoms with Gasteiger partial charge in [-0.25, -0.2) is 14.4 Å². The fraction of sp³-hybridized carbons (Fsp3) is 0.200. The molecule has 5 heteroatoms. The topological polar surface area (TPSA) is 41.1 Å². The van der Waals surface area contributed by atoms with Crippen molar-refractivity contribution in [2.24, 2.45) is 0 Å². The van der Waals surface area contributed by atoms with Gasteiger partial charge in [0.1, 0.15) is 23.3 Å². The Hall–Kier alpha value is -2.95. The fourth-order valence-electron chi connectivity index (χ4n) is 2.57. The Kier molecular flexibility index (Phi) is 5.23. The molecule has 0 radical (unpaired) electrons. The number of nitrogens with one attached hydrogen (secondary N) is 1. The van der Waals surface area contributed by atoms with E-state index in [1.54, 1.807) is 12.1 Å². The molecular weight excluding hydrogens is 315 g/mol. The molecule has 0 atom stereocenters. The molecule has 25 heavy (non-hydrogen) atoms. The van der Waals surface area contributed by atoms with Crippen LogP contribution in [0.5, 0.6) is 0 Å². The number of nitrogens with zero attached hydrogens (tertiary/aromatic N) is 3. The quantitative estimate of drug-likeness (QED) is 0.733. The Bertz CT molecular complexity index is 819. The van der Waals surface area contributed by atoms with Crippen molar-refractivity contribution in [2.75, 3.05) is 17.3 Å². The average Bonchev–Trinajstić information content (AvgIpc) is 2.61. The first-order valence-electron chi connectivity index (χ1n) is 8.19. The van der Waals surface area contributed by atoms with Gasteiger partial charge in [0.15, 0.2) is 0 Å². The largest absolute Gasteiger partial charge is 0.366 e.